The topological polar surface area (TPSA) is 73.5 Å². The fraction of sp³-hybridized carbons (Fsp3) is 0.810. The van der Waals surface area contributed by atoms with Crippen LogP contribution in [0.15, 0.2) is 12.3 Å². The maximum Gasteiger partial charge on any atom is 0.317 e. The molecule has 0 bridgehead atoms. The van der Waals surface area contributed by atoms with Gasteiger partial charge in [-0.05, 0) is 31.7 Å². The summed E-state index contributed by atoms with van der Waals surface area (Å²) in [6.07, 6.45) is 11.5. The molecule has 7 nitrogen and oxygen atoms in total. The van der Waals surface area contributed by atoms with Crippen molar-refractivity contribution in [3.8, 4) is 0 Å². The fourth-order valence-electron chi connectivity index (χ4n) is 5.29. The Kier molecular flexibility index (Phi) is 6.52. The number of aromatic nitrogens is 2. The number of rotatable bonds is 4. The van der Waals surface area contributed by atoms with Crippen LogP contribution in [0.2, 0.25) is 0 Å². The third-order valence-corrected chi connectivity index (χ3v) is 6.96. The first-order valence-corrected chi connectivity index (χ1v) is 11.1. The van der Waals surface area contributed by atoms with Crippen molar-refractivity contribution >= 4 is 6.03 Å². The second-order valence-electron chi connectivity index (χ2n) is 8.69. The van der Waals surface area contributed by atoms with Crippen molar-refractivity contribution in [2.45, 2.75) is 62.8 Å². The lowest BCUT2D eigenvalue weighted by Gasteiger charge is -2.46. The van der Waals surface area contributed by atoms with Gasteiger partial charge in [-0.2, -0.15) is 5.10 Å². The normalized spacial score (nSPS) is 26.6. The number of H-pyrrole nitrogens is 1. The highest BCUT2D eigenvalue weighted by molar-refractivity contribution is 5.74. The van der Waals surface area contributed by atoms with Crippen LogP contribution in [-0.4, -0.2) is 77.5 Å². The summed E-state index contributed by atoms with van der Waals surface area (Å²) in [4.78, 5) is 17.6. The Morgan fingerprint density at radius 1 is 1.18 bits per heavy atom. The van der Waals surface area contributed by atoms with Gasteiger partial charge in [0.2, 0.25) is 0 Å². The molecule has 2 aliphatic heterocycles. The summed E-state index contributed by atoms with van der Waals surface area (Å²) in [6.45, 7) is 5.99. The Morgan fingerprint density at radius 3 is 2.68 bits per heavy atom. The Morgan fingerprint density at radius 2 is 1.96 bits per heavy atom. The van der Waals surface area contributed by atoms with E-state index in [1.165, 1.54) is 38.5 Å². The van der Waals surface area contributed by atoms with Gasteiger partial charge >= 0.3 is 6.03 Å². The molecule has 0 radical (unpaired) electrons. The lowest BCUT2D eigenvalue weighted by molar-refractivity contribution is -0.0280. The van der Waals surface area contributed by atoms with E-state index in [0.29, 0.717) is 5.92 Å². The number of likely N-dealkylation sites (tertiary alicyclic amines) is 1. The number of morpholine rings is 1. The number of amides is 2. The summed E-state index contributed by atoms with van der Waals surface area (Å²) < 4.78 is 5.59. The molecule has 2 amide bonds. The summed E-state index contributed by atoms with van der Waals surface area (Å²) in [7, 11) is 0. The van der Waals surface area contributed by atoms with Gasteiger partial charge in [0, 0.05) is 56.1 Å². The van der Waals surface area contributed by atoms with E-state index in [0.717, 1.165) is 64.5 Å². The number of aromatic amines is 1. The lowest BCUT2D eigenvalue weighted by Crippen LogP contribution is -2.60. The van der Waals surface area contributed by atoms with Crippen LogP contribution in [0.5, 0.6) is 0 Å². The minimum atomic E-state index is 0.0982. The third-order valence-electron chi connectivity index (χ3n) is 6.96. The lowest BCUT2D eigenvalue weighted by atomic mass is 9.87. The van der Waals surface area contributed by atoms with Crippen LogP contribution in [0.4, 0.5) is 4.79 Å². The number of carbonyl (C=O) groups is 1. The van der Waals surface area contributed by atoms with Gasteiger partial charge in [0.25, 0.3) is 0 Å². The average molecular weight is 390 g/mol. The van der Waals surface area contributed by atoms with E-state index >= 15 is 0 Å². The molecule has 0 aromatic carbocycles. The molecule has 3 fully saturated rings. The maximum atomic E-state index is 13.0. The van der Waals surface area contributed by atoms with Crippen LogP contribution < -0.4 is 5.32 Å². The zero-order valence-electron chi connectivity index (χ0n) is 17.0. The Balaban J connectivity index is 1.38. The van der Waals surface area contributed by atoms with Crippen LogP contribution >= 0.6 is 0 Å². The van der Waals surface area contributed by atoms with Crippen molar-refractivity contribution in [3.05, 3.63) is 18.0 Å². The standard InChI is InChI=1S/C21H35N5O2/c27-20(25-11-5-6-18(16-25)19-7-10-23-24-19)22-17-21(8-3-1-2-4-9-21)26-12-14-28-15-13-26/h7,10,18H,1-6,8-9,11-17H2,(H,22,27)(H,23,24). The fourth-order valence-corrected chi connectivity index (χ4v) is 5.29. The molecule has 1 aliphatic carbocycles. The van der Waals surface area contributed by atoms with Gasteiger partial charge in [-0.3, -0.25) is 10.00 Å². The molecule has 3 heterocycles. The molecule has 156 valence electrons. The SMILES string of the molecule is O=C(NCC1(N2CCOCC2)CCCCCC1)N1CCCC(c2ccn[nH]2)C1. The van der Waals surface area contributed by atoms with Gasteiger partial charge in [-0.15, -0.1) is 0 Å². The molecule has 28 heavy (non-hydrogen) atoms. The monoisotopic (exact) mass is 389 g/mol. The first kappa shape index (κ1) is 19.7. The summed E-state index contributed by atoms with van der Waals surface area (Å²) in [5.74, 6) is 0.369. The highest BCUT2D eigenvalue weighted by atomic mass is 16.5. The number of ether oxygens (including phenoxy) is 1. The minimum absolute atomic E-state index is 0.0982. The van der Waals surface area contributed by atoms with Crippen molar-refractivity contribution in [1.29, 1.82) is 0 Å². The smallest absolute Gasteiger partial charge is 0.317 e. The molecule has 7 heteroatoms. The molecular weight excluding hydrogens is 354 g/mol. The first-order chi connectivity index (χ1) is 13.8. The van der Waals surface area contributed by atoms with Crippen LogP contribution in [0.3, 0.4) is 0 Å². The van der Waals surface area contributed by atoms with E-state index in [1.807, 2.05) is 11.0 Å². The van der Waals surface area contributed by atoms with Crippen molar-refractivity contribution in [2.24, 2.45) is 0 Å². The largest absolute Gasteiger partial charge is 0.379 e. The van der Waals surface area contributed by atoms with Gasteiger partial charge in [0.1, 0.15) is 0 Å². The highest BCUT2D eigenvalue weighted by Crippen LogP contribution is 2.33. The number of hydrogen-bond acceptors (Lipinski definition) is 4. The molecule has 4 rings (SSSR count). The first-order valence-electron chi connectivity index (χ1n) is 11.1. The van der Waals surface area contributed by atoms with Crippen molar-refractivity contribution in [2.75, 3.05) is 45.9 Å². The van der Waals surface area contributed by atoms with E-state index in [4.69, 9.17) is 4.74 Å². The number of piperidine rings is 1. The number of nitrogens with one attached hydrogen (secondary N) is 2. The van der Waals surface area contributed by atoms with Crippen LogP contribution in [0.25, 0.3) is 0 Å². The Bertz CT molecular complexity index is 606. The van der Waals surface area contributed by atoms with Crippen LogP contribution in [-0.2, 0) is 4.74 Å². The number of hydrogen-bond donors (Lipinski definition) is 2. The van der Waals surface area contributed by atoms with Gasteiger partial charge in [-0.25, -0.2) is 4.79 Å². The third kappa shape index (κ3) is 4.51. The van der Waals surface area contributed by atoms with Gasteiger partial charge in [0.15, 0.2) is 0 Å². The van der Waals surface area contributed by atoms with Crippen molar-refractivity contribution < 1.29 is 9.53 Å². The second kappa shape index (κ2) is 9.27. The molecule has 1 atom stereocenters. The highest BCUT2D eigenvalue weighted by Gasteiger charge is 2.38. The zero-order valence-corrected chi connectivity index (χ0v) is 17.0. The van der Waals surface area contributed by atoms with E-state index in [1.54, 1.807) is 6.20 Å². The van der Waals surface area contributed by atoms with E-state index in [2.05, 4.69) is 20.4 Å². The molecule has 1 unspecified atom stereocenters. The van der Waals surface area contributed by atoms with Crippen molar-refractivity contribution in [3.63, 3.8) is 0 Å². The molecule has 3 aliphatic rings. The number of urea groups is 1. The van der Waals surface area contributed by atoms with E-state index < -0.39 is 0 Å². The van der Waals surface area contributed by atoms with Crippen LogP contribution in [0, 0.1) is 0 Å². The van der Waals surface area contributed by atoms with Crippen molar-refractivity contribution in [1.82, 2.24) is 25.3 Å². The van der Waals surface area contributed by atoms with Gasteiger partial charge < -0.3 is 15.0 Å². The second-order valence-corrected chi connectivity index (χ2v) is 8.69. The summed E-state index contributed by atoms with van der Waals surface area (Å²) >= 11 is 0. The number of nitrogens with zero attached hydrogens (tertiary/aromatic N) is 3. The molecular formula is C21H35N5O2. The predicted octanol–water partition coefficient (Wildman–Crippen LogP) is 2.72. The summed E-state index contributed by atoms with van der Waals surface area (Å²) in [5, 5.41) is 10.5. The number of carbonyl (C=O) groups excluding carboxylic acids is 1. The maximum absolute atomic E-state index is 13.0. The average Bonchev–Trinajstić information content (AvgIpc) is 3.19. The van der Waals surface area contributed by atoms with Crippen LogP contribution in [0.1, 0.15) is 63.0 Å². The zero-order chi connectivity index (χ0) is 19.2. The molecule has 1 aromatic heterocycles. The quantitative estimate of drug-likeness (QED) is 0.777. The summed E-state index contributed by atoms with van der Waals surface area (Å²) in [5.41, 5.74) is 1.25. The Labute approximate surface area is 168 Å². The van der Waals surface area contributed by atoms with E-state index in [9.17, 15) is 4.79 Å². The molecule has 1 aromatic rings. The molecule has 2 N–H and O–H groups in total. The Hall–Kier alpha value is -1.60. The molecule has 2 saturated heterocycles. The van der Waals surface area contributed by atoms with Gasteiger partial charge in [0.05, 0.1) is 13.2 Å². The summed E-state index contributed by atoms with van der Waals surface area (Å²) in [6, 6.07) is 2.13. The van der Waals surface area contributed by atoms with E-state index in [-0.39, 0.29) is 11.6 Å². The van der Waals surface area contributed by atoms with Gasteiger partial charge in [-0.1, -0.05) is 25.7 Å². The molecule has 0 spiro atoms. The molecule has 1 saturated carbocycles. The predicted molar refractivity (Wildman–Crippen MR) is 108 cm³/mol. The minimum Gasteiger partial charge on any atom is -0.379 e.